The highest BCUT2D eigenvalue weighted by Gasteiger charge is 2.28. The summed E-state index contributed by atoms with van der Waals surface area (Å²) in [4.78, 5) is -1.10. The third-order valence-corrected chi connectivity index (χ3v) is 4.17. The number of nitrogens with two attached hydrogens (primary N) is 1. The van der Waals surface area contributed by atoms with Gasteiger partial charge in [0.05, 0.1) is 5.60 Å². The van der Waals surface area contributed by atoms with Gasteiger partial charge in [0.15, 0.2) is 4.90 Å². The lowest BCUT2D eigenvalue weighted by atomic mass is 10.0. The SMILES string of the molecule is CCCC(C)(O)CNS(=O)(=O)c1c(F)cc(N)cc1F. The summed E-state index contributed by atoms with van der Waals surface area (Å²) >= 11 is 0. The van der Waals surface area contributed by atoms with Gasteiger partial charge in [-0.3, -0.25) is 0 Å². The first-order valence-electron chi connectivity index (χ1n) is 6.05. The summed E-state index contributed by atoms with van der Waals surface area (Å²) in [5.41, 5.74) is 3.72. The van der Waals surface area contributed by atoms with Gasteiger partial charge < -0.3 is 10.8 Å². The van der Waals surface area contributed by atoms with Crippen LogP contribution in [0.4, 0.5) is 14.5 Å². The predicted octanol–water partition coefficient (Wildman–Crippen LogP) is 1.38. The van der Waals surface area contributed by atoms with E-state index in [0.717, 1.165) is 12.1 Å². The van der Waals surface area contributed by atoms with E-state index < -0.39 is 32.2 Å². The minimum absolute atomic E-state index is 0.211. The minimum Gasteiger partial charge on any atom is -0.399 e. The van der Waals surface area contributed by atoms with Crippen molar-refractivity contribution in [1.29, 1.82) is 0 Å². The Bertz CT molecular complexity index is 565. The number of nitrogen functional groups attached to an aromatic ring is 1. The normalized spacial score (nSPS) is 15.1. The number of hydrogen-bond acceptors (Lipinski definition) is 4. The molecule has 1 aromatic carbocycles. The maximum atomic E-state index is 13.6. The molecule has 0 amide bonds. The van der Waals surface area contributed by atoms with Crippen LogP contribution in [0.1, 0.15) is 26.7 Å². The molecule has 8 heteroatoms. The van der Waals surface area contributed by atoms with Gasteiger partial charge in [-0.05, 0) is 25.5 Å². The Labute approximate surface area is 116 Å². The Morgan fingerprint density at radius 1 is 1.35 bits per heavy atom. The summed E-state index contributed by atoms with van der Waals surface area (Å²) < 4.78 is 52.9. The molecule has 1 rings (SSSR count). The van der Waals surface area contributed by atoms with Gasteiger partial charge in [-0.25, -0.2) is 21.9 Å². The Morgan fingerprint density at radius 3 is 2.30 bits per heavy atom. The summed E-state index contributed by atoms with van der Waals surface area (Å²) in [5, 5.41) is 9.87. The molecule has 0 radical (unpaired) electrons. The molecule has 20 heavy (non-hydrogen) atoms. The van der Waals surface area contributed by atoms with Crippen LogP contribution in [0.15, 0.2) is 17.0 Å². The van der Waals surface area contributed by atoms with Gasteiger partial charge in [-0.1, -0.05) is 13.3 Å². The lowest BCUT2D eigenvalue weighted by Crippen LogP contribution is -2.40. The molecule has 0 aliphatic carbocycles. The van der Waals surface area contributed by atoms with Crippen molar-refractivity contribution in [2.24, 2.45) is 0 Å². The minimum atomic E-state index is -4.41. The topological polar surface area (TPSA) is 92.4 Å². The highest BCUT2D eigenvalue weighted by molar-refractivity contribution is 7.89. The molecular formula is C12H18F2N2O3S. The van der Waals surface area contributed by atoms with Crippen molar-refractivity contribution in [1.82, 2.24) is 4.72 Å². The first-order chi connectivity index (χ1) is 9.09. The fourth-order valence-corrected chi connectivity index (χ4v) is 3.06. The molecule has 5 nitrogen and oxygen atoms in total. The smallest absolute Gasteiger partial charge is 0.246 e. The van der Waals surface area contributed by atoms with E-state index >= 15 is 0 Å². The zero-order valence-corrected chi connectivity index (χ0v) is 12.1. The fraction of sp³-hybridized carbons (Fsp3) is 0.500. The molecule has 0 saturated heterocycles. The van der Waals surface area contributed by atoms with Crippen LogP contribution in [0, 0.1) is 11.6 Å². The predicted molar refractivity (Wildman–Crippen MR) is 71.5 cm³/mol. The molecule has 0 bridgehead atoms. The maximum absolute atomic E-state index is 13.6. The Morgan fingerprint density at radius 2 is 1.85 bits per heavy atom. The summed E-state index contributed by atoms with van der Waals surface area (Å²) in [5.74, 6) is -2.55. The lowest BCUT2D eigenvalue weighted by Gasteiger charge is -2.23. The average molecular weight is 308 g/mol. The second-order valence-corrected chi connectivity index (χ2v) is 6.59. The molecule has 4 N–H and O–H groups in total. The number of halogens is 2. The lowest BCUT2D eigenvalue weighted by molar-refractivity contribution is 0.0554. The van der Waals surface area contributed by atoms with Gasteiger partial charge in [0, 0.05) is 12.2 Å². The van der Waals surface area contributed by atoms with Crippen molar-refractivity contribution in [3.8, 4) is 0 Å². The molecule has 0 spiro atoms. The molecule has 0 fully saturated rings. The van der Waals surface area contributed by atoms with Crippen LogP contribution in [0.5, 0.6) is 0 Å². The number of anilines is 1. The third kappa shape index (κ3) is 4.12. The van der Waals surface area contributed by atoms with Crippen LogP contribution in [-0.4, -0.2) is 25.7 Å². The number of rotatable bonds is 6. The van der Waals surface area contributed by atoms with Gasteiger partial charge in [0.1, 0.15) is 11.6 Å². The van der Waals surface area contributed by atoms with Crippen molar-refractivity contribution < 1.29 is 22.3 Å². The largest absolute Gasteiger partial charge is 0.399 e. The molecule has 0 saturated carbocycles. The van der Waals surface area contributed by atoms with Crippen molar-refractivity contribution in [3.05, 3.63) is 23.8 Å². The Balaban J connectivity index is 3.01. The number of hydrogen-bond donors (Lipinski definition) is 3. The average Bonchev–Trinajstić information content (AvgIpc) is 2.24. The Hall–Kier alpha value is -1.25. The van der Waals surface area contributed by atoms with Crippen LogP contribution >= 0.6 is 0 Å². The van der Waals surface area contributed by atoms with Crippen LogP contribution in [-0.2, 0) is 10.0 Å². The van der Waals surface area contributed by atoms with Gasteiger partial charge in [-0.2, -0.15) is 0 Å². The number of nitrogens with one attached hydrogen (secondary N) is 1. The molecule has 0 aromatic heterocycles. The molecule has 1 atom stereocenters. The van der Waals surface area contributed by atoms with E-state index in [1.54, 1.807) is 0 Å². The quantitative estimate of drug-likeness (QED) is 0.692. The summed E-state index contributed by atoms with van der Waals surface area (Å²) in [6.07, 6.45) is 0.988. The number of aliphatic hydroxyl groups is 1. The molecule has 0 aliphatic heterocycles. The fourth-order valence-electron chi connectivity index (χ4n) is 1.79. The van der Waals surface area contributed by atoms with Gasteiger partial charge >= 0.3 is 0 Å². The molecular weight excluding hydrogens is 290 g/mol. The van der Waals surface area contributed by atoms with E-state index in [1.807, 2.05) is 11.6 Å². The monoisotopic (exact) mass is 308 g/mol. The van der Waals surface area contributed by atoms with E-state index in [-0.39, 0.29) is 12.2 Å². The van der Waals surface area contributed by atoms with E-state index in [1.165, 1.54) is 6.92 Å². The zero-order valence-electron chi connectivity index (χ0n) is 11.3. The van der Waals surface area contributed by atoms with E-state index in [0.29, 0.717) is 12.8 Å². The number of sulfonamides is 1. The van der Waals surface area contributed by atoms with Gasteiger partial charge in [0.25, 0.3) is 0 Å². The van der Waals surface area contributed by atoms with Crippen LogP contribution < -0.4 is 10.5 Å². The summed E-state index contributed by atoms with van der Waals surface area (Å²) in [6, 6.07) is 1.45. The second-order valence-electron chi connectivity index (χ2n) is 4.89. The van der Waals surface area contributed by atoms with Crippen molar-refractivity contribution >= 4 is 15.7 Å². The van der Waals surface area contributed by atoms with E-state index in [9.17, 15) is 22.3 Å². The Kier molecular flexibility index (Phi) is 5.06. The standard InChI is InChI=1S/C12H18F2N2O3S/c1-3-4-12(2,17)7-16-20(18,19)11-9(13)5-8(15)6-10(11)14/h5-6,16-17H,3-4,7,15H2,1-2H3. The molecule has 0 heterocycles. The molecule has 0 aliphatic rings. The highest BCUT2D eigenvalue weighted by Crippen LogP contribution is 2.22. The highest BCUT2D eigenvalue weighted by atomic mass is 32.2. The summed E-state index contributed by atoms with van der Waals surface area (Å²) in [6.45, 7) is 2.92. The first kappa shape index (κ1) is 16.8. The van der Waals surface area contributed by atoms with Crippen molar-refractivity contribution in [3.63, 3.8) is 0 Å². The van der Waals surface area contributed by atoms with Crippen LogP contribution in [0.2, 0.25) is 0 Å². The van der Waals surface area contributed by atoms with Crippen LogP contribution in [0.3, 0.4) is 0 Å². The molecule has 1 aromatic rings. The summed E-state index contributed by atoms with van der Waals surface area (Å²) in [7, 11) is -4.41. The maximum Gasteiger partial charge on any atom is 0.246 e. The second kappa shape index (κ2) is 6.02. The first-order valence-corrected chi connectivity index (χ1v) is 7.54. The van der Waals surface area contributed by atoms with Gasteiger partial charge in [-0.15, -0.1) is 0 Å². The molecule has 1 unspecified atom stereocenters. The van der Waals surface area contributed by atoms with Gasteiger partial charge in [0.2, 0.25) is 10.0 Å². The molecule has 114 valence electrons. The van der Waals surface area contributed by atoms with Crippen LogP contribution in [0.25, 0.3) is 0 Å². The van der Waals surface area contributed by atoms with Crippen molar-refractivity contribution in [2.75, 3.05) is 12.3 Å². The van der Waals surface area contributed by atoms with Crippen molar-refractivity contribution in [2.45, 2.75) is 37.2 Å². The third-order valence-electron chi connectivity index (χ3n) is 2.72. The number of benzene rings is 1. The van der Waals surface area contributed by atoms with E-state index in [4.69, 9.17) is 5.73 Å². The van der Waals surface area contributed by atoms with E-state index in [2.05, 4.69) is 0 Å². The zero-order chi connectivity index (χ0) is 15.6.